The number of carbonyl (C=O) groups is 1. The fourth-order valence-corrected chi connectivity index (χ4v) is 6.59. The number of hydrogen-bond acceptors (Lipinski definition) is 6. The number of piperidine rings is 1. The van der Waals surface area contributed by atoms with E-state index in [1.807, 2.05) is 26.8 Å². The molecule has 0 bridgehead atoms. The van der Waals surface area contributed by atoms with Gasteiger partial charge in [-0.3, -0.25) is 9.79 Å². The molecule has 1 amide bonds. The van der Waals surface area contributed by atoms with Crippen molar-refractivity contribution in [3.8, 4) is 0 Å². The first kappa shape index (κ1) is 30.2. The number of nitrogens with two attached hydrogens (primary N) is 2. The monoisotopic (exact) mass is 550 g/mol. The third-order valence-corrected chi connectivity index (χ3v) is 8.54. The van der Waals surface area contributed by atoms with Crippen molar-refractivity contribution in [3.05, 3.63) is 23.8 Å². The van der Waals surface area contributed by atoms with Gasteiger partial charge in [0.05, 0.1) is 11.3 Å². The number of amides is 1. The van der Waals surface area contributed by atoms with E-state index in [1.165, 1.54) is 0 Å². The van der Waals surface area contributed by atoms with Gasteiger partial charge >= 0.3 is 0 Å². The van der Waals surface area contributed by atoms with Gasteiger partial charge in [0.2, 0.25) is 15.9 Å². The number of nitrogens with one attached hydrogen (secondary N) is 2. The number of benzene rings is 1. The highest BCUT2D eigenvalue weighted by Crippen LogP contribution is 2.31. The quantitative estimate of drug-likeness (QED) is 0.188. The Kier molecular flexibility index (Phi) is 10.4. The lowest BCUT2D eigenvalue weighted by Crippen LogP contribution is -2.51. The molecule has 0 spiro atoms. The van der Waals surface area contributed by atoms with Gasteiger partial charge in [0.15, 0.2) is 5.96 Å². The number of sulfonamides is 1. The number of anilines is 1. The second kappa shape index (κ2) is 13.1. The maximum absolute atomic E-state index is 13.7. The van der Waals surface area contributed by atoms with Crippen molar-refractivity contribution >= 4 is 27.6 Å². The molecule has 1 unspecified atom stereocenters. The predicted molar refractivity (Wildman–Crippen MR) is 151 cm³/mol. The summed E-state index contributed by atoms with van der Waals surface area (Å²) in [4.78, 5) is 19.7. The summed E-state index contributed by atoms with van der Waals surface area (Å²) in [6.07, 6.45) is 4.34. The summed E-state index contributed by atoms with van der Waals surface area (Å²) < 4.78 is 35.9. The zero-order valence-corrected chi connectivity index (χ0v) is 24.1. The van der Waals surface area contributed by atoms with E-state index in [2.05, 4.69) is 22.0 Å². The molecule has 3 atom stereocenters. The molecule has 2 aliphatic heterocycles. The lowest BCUT2D eigenvalue weighted by Gasteiger charge is -2.35. The molecule has 3 rings (SSSR count). The van der Waals surface area contributed by atoms with E-state index in [1.54, 1.807) is 17.0 Å². The Hall–Kier alpha value is -2.37. The van der Waals surface area contributed by atoms with Gasteiger partial charge in [0, 0.05) is 32.8 Å². The third-order valence-electron chi connectivity index (χ3n) is 7.03. The molecule has 0 aliphatic carbocycles. The van der Waals surface area contributed by atoms with Gasteiger partial charge in [-0.25, -0.2) is 8.42 Å². The first-order valence-corrected chi connectivity index (χ1v) is 15.2. The molecule has 0 aromatic heterocycles. The molecule has 2 heterocycles. The molecule has 11 heteroatoms. The van der Waals surface area contributed by atoms with Crippen LogP contribution in [-0.2, 0) is 26.0 Å². The van der Waals surface area contributed by atoms with Crippen molar-refractivity contribution in [2.45, 2.75) is 82.8 Å². The summed E-state index contributed by atoms with van der Waals surface area (Å²) >= 11 is 0. The van der Waals surface area contributed by atoms with Gasteiger partial charge in [-0.1, -0.05) is 19.1 Å². The molecule has 1 aromatic carbocycles. The Balaban J connectivity index is 1.75. The minimum Gasteiger partial charge on any atom is -0.383 e. The maximum Gasteiger partial charge on any atom is 0.243 e. The smallest absolute Gasteiger partial charge is 0.243 e. The number of fused-ring (bicyclic) bond motifs is 1. The van der Waals surface area contributed by atoms with Crippen LogP contribution in [-0.4, -0.2) is 69.6 Å². The number of aliphatic imine (C=N–C) groups is 1. The SMILES string of the molecule is CC1CNc2c(cccc2S(=O)(=O)N[C@@H](CCCN=C(N)N)C(=O)N2CCC[C@H](CCOC(C)(C)C)C2)C1. The number of para-hydroxylation sites is 1. The van der Waals surface area contributed by atoms with Crippen LogP contribution in [0.3, 0.4) is 0 Å². The van der Waals surface area contributed by atoms with Crippen molar-refractivity contribution < 1.29 is 17.9 Å². The minimum absolute atomic E-state index is 0.0268. The Morgan fingerprint density at radius 1 is 1.32 bits per heavy atom. The molecule has 6 N–H and O–H groups in total. The molecule has 0 saturated carbocycles. The van der Waals surface area contributed by atoms with Crippen molar-refractivity contribution in [3.63, 3.8) is 0 Å². The zero-order valence-electron chi connectivity index (χ0n) is 23.3. The average Bonchev–Trinajstić information content (AvgIpc) is 2.84. The van der Waals surface area contributed by atoms with Crippen LogP contribution in [0.5, 0.6) is 0 Å². The van der Waals surface area contributed by atoms with Crippen LogP contribution < -0.4 is 21.5 Å². The van der Waals surface area contributed by atoms with Gasteiger partial charge in [0.25, 0.3) is 0 Å². The van der Waals surface area contributed by atoms with E-state index < -0.39 is 16.1 Å². The van der Waals surface area contributed by atoms with Crippen molar-refractivity contribution in [1.82, 2.24) is 9.62 Å². The molecule has 1 saturated heterocycles. The van der Waals surface area contributed by atoms with Gasteiger partial charge in [-0.05, 0) is 82.8 Å². The van der Waals surface area contributed by atoms with E-state index in [4.69, 9.17) is 16.2 Å². The molecule has 2 aliphatic rings. The largest absolute Gasteiger partial charge is 0.383 e. The van der Waals surface area contributed by atoms with Gasteiger partial charge in [-0.2, -0.15) is 4.72 Å². The highest BCUT2D eigenvalue weighted by molar-refractivity contribution is 7.89. The number of carbonyl (C=O) groups excluding carboxylic acids is 1. The van der Waals surface area contributed by atoms with Crippen LogP contribution in [0.15, 0.2) is 28.1 Å². The van der Waals surface area contributed by atoms with Crippen LogP contribution in [0.1, 0.15) is 65.4 Å². The topological polar surface area (TPSA) is 152 Å². The molecule has 1 fully saturated rings. The second-order valence-corrected chi connectivity index (χ2v) is 13.3. The highest BCUT2D eigenvalue weighted by atomic mass is 32.2. The Morgan fingerprint density at radius 3 is 2.79 bits per heavy atom. The Labute approximate surface area is 228 Å². The van der Waals surface area contributed by atoms with E-state index in [-0.39, 0.29) is 22.4 Å². The van der Waals surface area contributed by atoms with Crippen LogP contribution in [0.4, 0.5) is 5.69 Å². The summed E-state index contributed by atoms with van der Waals surface area (Å²) in [6.45, 7) is 11.1. The van der Waals surface area contributed by atoms with Crippen molar-refractivity contribution in [2.75, 3.05) is 38.1 Å². The zero-order chi connectivity index (χ0) is 27.9. The predicted octanol–water partition coefficient (Wildman–Crippen LogP) is 2.44. The van der Waals surface area contributed by atoms with E-state index in [9.17, 15) is 13.2 Å². The summed E-state index contributed by atoms with van der Waals surface area (Å²) in [5.74, 6) is 0.507. The highest BCUT2D eigenvalue weighted by Gasteiger charge is 2.33. The van der Waals surface area contributed by atoms with Crippen LogP contribution in [0.2, 0.25) is 0 Å². The molecule has 214 valence electrons. The number of likely N-dealkylation sites (tertiary alicyclic amines) is 1. The number of ether oxygens (including phenoxy) is 1. The molecule has 0 radical (unpaired) electrons. The number of hydrogen-bond donors (Lipinski definition) is 4. The molecule has 38 heavy (non-hydrogen) atoms. The normalized spacial score (nSPS) is 20.8. The van der Waals surface area contributed by atoms with E-state index in [0.29, 0.717) is 63.2 Å². The lowest BCUT2D eigenvalue weighted by atomic mass is 9.94. The molecular weight excluding hydrogens is 504 g/mol. The molecule has 1 aromatic rings. The fraction of sp³-hybridized carbons (Fsp3) is 0.704. The van der Waals surface area contributed by atoms with E-state index >= 15 is 0 Å². The van der Waals surface area contributed by atoms with Crippen molar-refractivity contribution in [1.29, 1.82) is 0 Å². The summed E-state index contributed by atoms with van der Waals surface area (Å²) in [6, 6.07) is 4.40. The minimum atomic E-state index is -3.96. The standard InChI is InChI=1S/C27H46N6O4S/c1-19-16-21-9-5-11-23(24(21)31-17-19)38(35,36)32-22(10-6-13-30-26(28)29)25(34)33-14-7-8-20(18-33)12-15-37-27(2,3)4/h5,9,11,19-20,22,31-32H,6-8,10,12-18H2,1-4H3,(H4,28,29,30)/t19?,20-,22+/m1/s1. The molecular formula is C27H46N6O4S. The summed E-state index contributed by atoms with van der Waals surface area (Å²) in [5.41, 5.74) is 12.3. The maximum atomic E-state index is 13.7. The van der Waals surface area contributed by atoms with E-state index in [0.717, 1.165) is 31.2 Å². The second-order valence-electron chi connectivity index (χ2n) is 11.6. The number of rotatable bonds is 11. The van der Waals surface area contributed by atoms with Gasteiger partial charge < -0.3 is 26.4 Å². The van der Waals surface area contributed by atoms with Gasteiger partial charge in [-0.15, -0.1) is 0 Å². The third kappa shape index (κ3) is 8.84. The first-order chi connectivity index (χ1) is 17.9. The Bertz CT molecular complexity index is 1080. The lowest BCUT2D eigenvalue weighted by molar-refractivity contribution is -0.135. The summed E-state index contributed by atoms with van der Waals surface area (Å²) in [7, 11) is -3.96. The van der Waals surface area contributed by atoms with Gasteiger partial charge in [0.1, 0.15) is 10.9 Å². The first-order valence-electron chi connectivity index (χ1n) is 13.7. The average molecular weight is 551 g/mol. The summed E-state index contributed by atoms with van der Waals surface area (Å²) in [5, 5.41) is 3.28. The van der Waals surface area contributed by atoms with Crippen molar-refractivity contribution in [2.24, 2.45) is 28.3 Å². The fourth-order valence-electron chi connectivity index (χ4n) is 5.14. The van der Waals surface area contributed by atoms with Crippen LogP contribution >= 0.6 is 0 Å². The van der Waals surface area contributed by atoms with Crippen LogP contribution in [0, 0.1) is 11.8 Å². The van der Waals surface area contributed by atoms with Crippen LogP contribution in [0.25, 0.3) is 0 Å². The number of nitrogens with zero attached hydrogens (tertiary/aromatic N) is 2. The Morgan fingerprint density at radius 2 is 2.08 bits per heavy atom. The molecule has 10 nitrogen and oxygen atoms in total. The number of guanidine groups is 1.